The van der Waals surface area contributed by atoms with Crippen molar-refractivity contribution in [2.24, 2.45) is 0 Å². The van der Waals surface area contributed by atoms with E-state index in [1.54, 1.807) is 11.3 Å². The summed E-state index contributed by atoms with van der Waals surface area (Å²) in [4.78, 5) is 5.11. The number of thiazole rings is 1. The molecular formula is C10H16BrNS. The molecule has 0 N–H and O–H groups in total. The average Bonchev–Trinajstić information content (AvgIpc) is 2.49. The van der Waals surface area contributed by atoms with Gasteiger partial charge >= 0.3 is 0 Å². The van der Waals surface area contributed by atoms with Gasteiger partial charge in [0.25, 0.3) is 0 Å². The molecular weight excluding hydrogens is 246 g/mol. The Labute approximate surface area is 92.7 Å². The maximum absolute atomic E-state index is 4.44. The highest BCUT2D eigenvalue weighted by atomic mass is 79.9. The molecule has 0 aliphatic carbocycles. The van der Waals surface area contributed by atoms with E-state index in [0.29, 0.717) is 4.83 Å². The first-order chi connectivity index (χ1) is 6.22. The number of nitrogens with zero attached hydrogens (tertiary/aromatic N) is 1. The van der Waals surface area contributed by atoms with Crippen LogP contribution >= 0.6 is 27.3 Å². The topological polar surface area (TPSA) is 12.9 Å². The fourth-order valence-corrected chi connectivity index (χ4v) is 2.73. The monoisotopic (exact) mass is 261 g/mol. The van der Waals surface area contributed by atoms with Crippen molar-refractivity contribution in [2.45, 2.75) is 44.4 Å². The van der Waals surface area contributed by atoms with Crippen molar-refractivity contribution in [1.82, 2.24) is 4.98 Å². The van der Waals surface area contributed by atoms with Crippen LogP contribution in [0.25, 0.3) is 0 Å². The maximum Gasteiger partial charge on any atom is 0.0928 e. The lowest BCUT2D eigenvalue weighted by Gasteiger charge is -2.05. The second-order valence-corrected chi connectivity index (χ2v) is 5.54. The van der Waals surface area contributed by atoms with Gasteiger partial charge in [-0.3, -0.25) is 0 Å². The maximum atomic E-state index is 4.44. The van der Waals surface area contributed by atoms with Crippen molar-refractivity contribution in [3.63, 3.8) is 0 Å². The molecule has 0 spiro atoms. The van der Waals surface area contributed by atoms with Crippen molar-refractivity contribution in [1.29, 1.82) is 0 Å². The first-order valence-electron chi connectivity index (χ1n) is 4.77. The number of alkyl halides is 1. The number of hydrogen-bond donors (Lipinski definition) is 0. The molecule has 0 aromatic carbocycles. The van der Waals surface area contributed by atoms with Gasteiger partial charge in [0.15, 0.2) is 0 Å². The van der Waals surface area contributed by atoms with E-state index in [1.165, 1.54) is 24.3 Å². The van der Waals surface area contributed by atoms with E-state index in [-0.39, 0.29) is 0 Å². The van der Waals surface area contributed by atoms with Gasteiger partial charge in [0, 0.05) is 22.3 Å². The first kappa shape index (κ1) is 11.2. The minimum atomic E-state index is 0.668. The molecule has 13 heavy (non-hydrogen) atoms. The molecule has 0 aliphatic rings. The summed E-state index contributed by atoms with van der Waals surface area (Å²) in [5.74, 6) is 0. The van der Waals surface area contributed by atoms with Crippen molar-refractivity contribution < 1.29 is 0 Å². The molecule has 1 nitrogen and oxygen atoms in total. The Hall–Kier alpha value is 0.110. The summed E-state index contributed by atoms with van der Waals surface area (Å²) in [6.07, 6.45) is 4.85. The SMILES string of the molecule is CCCC(Br)CCc1nc(C)cs1. The van der Waals surface area contributed by atoms with Gasteiger partial charge in [0.2, 0.25) is 0 Å². The molecule has 1 atom stereocenters. The van der Waals surface area contributed by atoms with Crippen LogP contribution < -0.4 is 0 Å². The van der Waals surface area contributed by atoms with Crippen molar-refractivity contribution in [2.75, 3.05) is 0 Å². The van der Waals surface area contributed by atoms with E-state index in [0.717, 1.165) is 12.1 Å². The van der Waals surface area contributed by atoms with Crippen LogP contribution in [0.15, 0.2) is 5.38 Å². The summed E-state index contributed by atoms with van der Waals surface area (Å²) in [6.45, 7) is 4.28. The molecule has 0 bridgehead atoms. The number of hydrogen-bond acceptors (Lipinski definition) is 2. The van der Waals surface area contributed by atoms with E-state index in [2.05, 4.69) is 40.1 Å². The average molecular weight is 262 g/mol. The lowest BCUT2D eigenvalue weighted by Crippen LogP contribution is -1.99. The largest absolute Gasteiger partial charge is 0.247 e. The Morgan fingerprint density at radius 1 is 1.54 bits per heavy atom. The van der Waals surface area contributed by atoms with Gasteiger partial charge in [-0.05, 0) is 19.8 Å². The molecule has 1 aromatic rings. The van der Waals surface area contributed by atoms with E-state index in [9.17, 15) is 0 Å². The van der Waals surface area contributed by atoms with E-state index < -0.39 is 0 Å². The van der Waals surface area contributed by atoms with Crippen LogP contribution in [0.4, 0.5) is 0 Å². The molecule has 0 saturated carbocycles. The fourth-order valence-electron chi connectivity index (χ4n) is 1.26. The molecule has 0 aliphatic heterocycles. The summed E-state index contributed by atoms with van der Waals surface area (Å²) in [6, 6.07) is 0. The third-order valence-electron chi connectivity index (χ3n) is 1.94. The van der Waals surface area contributed by atoms with Crippen LogP contribution in [0.1, 0.15) is 36.9 Å². The van der Waals surface area contributed by atoms with Crippen LogP contribution in [0.3, 0.4) is 0 Å². The zero-order chi connectivity index (χ0) is 9.68. The number of rotatable bonds is 5. The Morgan fingerprint density at radius 3 is 2.85 bits per heavy atom. The molecule has 1 aromatic heterocycles. The number of aromatic nitrogens is 1. The van der Waals surface area contributed by atoms with E-state index in [4.69, 9.17) is 0 Å². The second kappa shape index (κ2) is 5.76. The predicted octanol–water partition coefficient (Wildman–Crippen LogP) is 3.95. The smallest absolute Gasteiger partial charge is 0.0928 e. The Bertz CT molecular complexity index is 247. The quantitative estimate of drug-likeness (QED) is 0.732. The zero-order valence-electron chi connectivity index (χ0n) is 8.22. The van der Waals surface area contributed by atoms with Gasteiger partial charge in [0.05, 0.1) is 5.01 Å². The molecule has 1 rings (SSSR count). The zero-order valence-corrected chi connectivity index (χ0v) is 10.6. The predicted molar refractivity (Wildman–Crippen MR) is 62.8 cm³/mol. The standard InChI is InChI=1S/C10H16BrNS/c1-3-4-9(11)5-6-10-12-8(2)7-13-10/h7,9H,3-6H2,1-2H3. The third-order valence-corrected chi connectivity index (χ3v) is 3.88. The molecule has 0 radical (unpaired) electrons. The summed E-state index contributed by atoms with van der Waals surface area (Å²) in [7, 11) is 0. The molecule has 1 unspecified atom stereocenters. The van der Waals surface area contributed by atoms with Crippen LogP contribution in [0, 0.1) is 6.92 Å². The molecule has 0 saturated heterocycles. The Morgan fingerprint density at radius 2 is 2.31 bits per heavy atom. The summed E-state index contributed by atoms with van der Waals surface area (Å²) >= 11 is 5.46. The van der Waals surface area contributed by atoms with Gasteiger partial charge in [-0.25, -0.2) is 4.98 Å². The molecule has 1 heterocycles. The van der Waals surface area contributed by atoms with Crippen LogP contribution in [-0.4, -0.2) is 9.81 Å². The Balaban J connectivity index is 2.26. The summed E-state index contributed by atoms with van der Waals surface area (Å²) in [5.41, 5.74) is 1.15. The van der Waals surface area contributed by atoms with Gasteiger partial charge in [0.1, 0.15) is 0 Å². The lowest BCUT2D eigenvalue weighted by atomic mass is 10.2. The highest BCUT2D eigenvalue weighted by Crippen LogP contribution is 2.17. The van der Waals surface area contributed by atoms with E-state index >= 15 is 0 Å². The molecule has 3 heteroatoms. The van der Waals surface area contributed by atoms with Crippen molar-refractivity contribution in [3.8, 4) is 0 Å². The van der Waals surface area contributed by atoms with E-state index in [1.807, 2.05) is 0 Å². The van der Waals surface area contributed by atoms with Gasteiger partial charge < -0.3 is 0 Å². The molecule has 0 amide bonds. The van der Waals surface area contributed by atoms with Crippen molar-refractivity contribution >= 4 is 27.3 Å². The normalized spacial score (nSPS) is 13.2. The highest BCUT2D eigenvalue weighted by molar-refractivity contribution is 9.09. The lowest BCUT2D eigenvalue weighted by molar-refractivity contribution is 0.691. The Kier molecular flexibility index (Phi) is 4.96. The minimum Gasteiger partial charge on any atom is -0.247 e. The minimum absolute atomic E-state index is 0.668. The van der Waals surface area contributed by atoms with Crippen molar-refractivity contribution in [3.05, 3.63) is 16.1 Å². The number of halogens is 1. The van der Waals surface area contributed by atoms with Crippen LogP contribution in [-0.2, 0) is 6.42 Å². The second-order valence-electron chi connectivity index (χ2n) is 3.31. The molecule has 0 fully saturated rings. The summed E-state index contributed by atoms with van der Waals surface area (Å²) < 4.78 is 0. The fraction of sp³-hybridized carbons (Fsp3) is 0.700. The summed E-state index contributed by atoms with van der Waals surface area (Å²) in [5, 5.41) is 3.40. The highest BCUT2D eigenvalue weighted by Gasteiger charge is 2.04. The van der Waals surface area contributed by atoms with Crippen LogP contribution in [0.5, 0.6) is 0 Å². The third kappa shape index (κ3) is 4.23. The molecule has 74 valence electrons. The first-order valence-corrected chi connectivity index (χ1v) is 6.57. The van der Waals surface area contributed by atoms with Gasteiger partial charge in [-0.15, -0.1) is 11.3 Å². The van der Waals surface area contributed by atoms with Crippen LogP contribution in [0.2, 0.25) is 0 Å². The number of aryl methyl sites for hydroxylation is 2. The van der Waals surface area contributed by atoms with Gasteiger partial charge in [-0.2, -0.15) is 0 Å². The van der Waals surface area contributed by atoms with Gasteiger partial charge in [-0.1, -0.05) is 29.3 Å².